The van der Waals surface area contributed by atoms with Crippen molar-refractivity contribution in [1.82, 2.24) is 20.4 Å². The van der Waals surface area contributed by atoms with Crippen molar-refractivity contribution in [2.24, 2.45) is 4.99 Å². The number of aromatic nitrogens is 2. The van der Waals surface area contributed by atoms with Crippen molar-refractivity contribution < 1.29 is 0 Å². The Bertz CT molecular complexity index is 747. The quantitative estimate of drug-likeness (QED) is 0.275. The molecule has 0 aliphatic carbocycles. The summed E-state index contributed by atoms with van der Waals surface area (Å²) < 4.78 is 1.98. The van der Waals surface area contributed by atoms with E-state index >= 15 is 0 Å². The van der Waals surface area contributed by atoms with Crippen molar-refractivity contribution in [3.63, 3.8) is 0 Å². The first-order chi connectivity index (χ1) is 12.6. The minimum atomic E-state index is 0. The predicted octanol–water partition coefficient (Wildman–Crippen LogP) is 3.30. The van der Waals surface area contributed by atoms with Crippen LogP contribution in [0.1, 0.15) is 18.4 Å². The van der Waals surface area contributed by atoms with Gasteiger partial charge < -0.3 is 15.5 Å². The van der Waals surface area contributed by atoms with Crippen LogP contribution in [0.15, 0.2) is 41.7 Å². The standard InChI is InChI=1S/C19H27ClN6.HI/c1-15-12-23-26(13-15)9-4-8-22-19(21-2)24-17-7-10-25(14-17)18-6-3-5-16(20)11-18;/h3,5-6,11-13,17H,4,7-10,14H2,1-2H3,(H2,21,22,24);1H. The zero-order valence-corrected chi connectivity index (χ0v) is 18.9. The van der Waals surface area contributed by atoms with Crippen LogP contribution in [0.4, 0.5) is 5.69 Å². The zero-order chi connectivity index (χ0) is 18.4. The Kier molecular flexibility index (Phi) is 8.69. The van der Waals surface area contributed by atoms with Crippen molar-refractivity contribution in [1.29, 1.82) is 0 Å². The van der Waals surface area contributed by atoms with E-state index in [1.807, 2.05) is 36.1 Å². The summed E-state index contributed by atoms with van der Waals surface area (Å²) in [5, 5.41) is 12.0. The van der Waals surface area contributed by atoms with E-state index in [4.69, 9.17) is 11.6 Å². The van der Waals surface area contributed by atoms with Crippen molar-refractivity contribution in [2.75, 3.05) is 31.6 Å². The average Bonchev–Trinajstić information content (AvgIpc) is 3.26. The lowest BCUT2D eigenvalue weighted by molar-refractivity contribution is 0.565. The maximum atomic E-state index is 6.11. The highest BCUT2D eigenvalue weighted by Crippen LogP contribution is 2.23. The van der Waals surface area contributed by atoms with Gasteiger partial charge in [-0.15, -0.1) is 24.0 Å². The zero-order valence-electron chi connectivity index (χ0n) is 15.9. The van der Waals surface area contributed by atoms with Gasteiger partial charge in [-0.3, -0.25) is 9.67 Å². The Morgan fingerprint density at radius 2 is 2.26 bits per heavy atom. The maximum absolute atomic E-state index is 6.11. The fourth-order valence-electron chi connectivity index (χ4n) is 3.21. The fraction of sp³-hybridized carbons (Fsp3) is 0.474. The Hall–Kier alpha value is -1.48. The maximum Gasteiger partial charge on any atom is 0.191 e. The van der Waals surface area contributed by atoms with Gasteiger partial charge in [0.15, 0.2) is 5.96 Å². The lowest BCUT2D eigenvalue weighted by atomic mass is 10.2. The topological polar surface area (TPSA) is 57.5 Å². The van der Waals surface area contributed by atoms with E-state index in [0.717, 1.165) is 50.0 Å². The van der Waals surface area contributed by atoms with Crippen LogP contribution < -0.4 is 15.5 Å². The third-order valence-electron chi connectivity index (χ3n) is 4.54. The largest absolute Gasteiger partial charge is 0.369 e. The van der Waals surface area contributed by atoms with Gasteiger partial charge in [0.1, 0.15) is 0 Å². The number of nitrogens with zero attached hydrogens (tertiary/aromatic N) is 4. The van der Waals surface area contributed by atoms with Gasteiger partial charge >= 0.3 is 0 Å². The predicted molar refractivity (Wildman–Crippen MR) is 124 cm³/mol. The summed E-state index contributed by atoms with van der Waals surface area (Å²) >= 11 is 6.11. The van der Waals surface area contributed by atoms with Crippen molar-refractivity contribution in [3.05, 3.63) is 47.2 Å². The molecule has 2 aromatic rings. The normalized spacial score (nSPS) is 16.9. The SMILES string of the molecule is CN=C(NCCCn1cc(C)cn1)NC1CCN(c2cccc(Cl)c2)C1.I. The highest BCUT2D eigenvalue weighted by Gasteiger charge is 2.23. The highest BCUT2D eigenvalue weighted by molar-refractivity contribution is 14.0. The van der Waals surface area contributed by atoms with E-state index in [2.05, 4.69) is 44.8 Å². The minimum Gasteiger partial charge on any atom is -0.369 e. The van der Waals surface area contributed by atoms with Gasteiger partial charge in [0.2, 0.25) is 0 Å². The number of guanidine groups is 1. The van der Waals surface area contributed by atoms with E-state index < -0.39 is 0 Å². The Morgan fingerprint density at radius 3 is 2.96 bits per heavy atom. The van der Waals surface area contributed by atoms with E-state index in [1.165, 1.54) is 11.3 Å². The number of anilines is 1. The number of rotatable bonds is 6. The van der Waals surface area contributed by atoms with Gasteiger partial charge in [-0.05, 0) is 43.5 Å². The number of benzene rings is 1. The lowest BCUT2D eigenvalue weighted by Gasteiger charge is -2.20. The first-order valence-electron chi connectivity index (χ1n) is 9.11. The van der Waals surface area contributed by atoms with Gasteiger partial charge in [0.05, 0.1) is 6.20 Å². The molecule has 0 saturated carbocycles. The van der Waals surface area contributed by atoms with Crippen LogP contribution >= 0.6 is 35.6 Å². The summed E-state index contributed by atoms with van der Waals surface area (Å²) in [6, 6.07) is 8.42. The minimum absolute atomic E-state index is 0. The number of aliphatic imine (C=N–C) groups is 1. The van der Waals surface area contributed by atoms with E-state index in [9.17, 15) is 0 Å². The lowest BCUT2D eigenvalue weighted by Crippen LogP contribution is -2.45. The number of hydrogen-bond donors (Lipinski definition) is 2. The molecule has 1 saturated heterocycles. The molecule has 6 nitrogen and oxygen atoms in total. The molecule has 27 heavy (non-hydrogen) atoms. The molecule has 3 rings (SSSR count). The molecule has 1 atom stereocenters. The molecule has 2 heterocycles. The molecule has 1 fully saturated rings. The molecular weight excluding hydrogens is 475 g/mol. The molecule has 2 N–H and O–H groups in total. The molecule has 1 aromatic carbocycles. The second-order valence-corrected chi connectivity index (χ2v) is 7.13. The van der Waals surface area contributed by atoms with Gasteiger partial charge in [0, 0.05) is 56.2 Å². The second-order valence-electron chi connectivity index (χ2n) is 6.69. The van der Waals surface area contributed by atoms with Gasteiger partial charge in [-0.2, -0.15) is 5.10 Å². The third-order valence-corrected chi connectivity index (χ3v) is 4.78. The Labute approximate surface area is 183 Å². The van der Waals surface area contributed by atoms with Crippen LogP contribution in [0.25, 0.3) is 0 Å². The van der Waals surface area contributed by atoms with Gasteiger partial charge in [0.25, 0.3) is 0 Å². The molecule has 0 spiro atoms. The number of aryl methyl sites for hydroxylation is 2. The highest BCUT2D eigenvalue weighted by atomic mass is 127. The molecule has 1 aromatic heterocycles. The second kappa shape index (κ2) is 10.8. The average molecular weight is 503 g/mol. The Balaban J connectivity index is 0.00000261. The van der Waals surface area contributed by atoms with Crippen LogP contribution in [0.2, 0.25) is 5.02 Å². The molecule has 1 aliphatic rings. The number of nitrogens with one attached hydrogen (secondary N) is 2. The van der Waals surface area contributed by atoms with Crippen LogP contribution in [0.3, 0.4) is 0 Å². The number of halogens is 2. The summed E-state index contributed by atoms with van der Waals surface area (Å²) in [5.74, 6) is 0.861. The van der Waals surface area contributed by atoms with E-state index in [-0.39, 0.29) is 24.0 Å². The third kappa shape index (κ3) is 6.57. The van der Waals surface area contributed by atoms with Crippen LogP contribution in [-0.4, -0.2) is 48.5 Å². The molecule has 1 unspecified atom stereocenters. The molecule has 8 heteroatoms. The summed E-state index contributed by atoms with van der Waals surface area (Å²) in [6.45, 7) is 5.80. The first kappa shape index (κ1) is 21.8. The Morgan fingerprint density at radius 1 is 1.41 bits per heavy atom. The smallest absolute Gasteiger partial charge is 0.191 e. The molecule has 1 aliphatic heterocycles. The summed E-state index contributed by atoms with van der Waals surface area (Å²) in [5.41, 5.74) is 2.38. The van der Waals surface area contributed by atoms with Gasteiger partial charge in [-0.1, -0.05) is 17.7 Å². The van der Waals surface area contributed by atoms with Crippen molar-refractivity contribution >= 4 is 47.2 Å². The van der Waals surface area contributed by atoms with Gasteiger partial charge in [-0.25, -0.2) is 0 Å². The summed E-state index contributed by atoms with van der Waals surface area (Å²) in [7, 11) is 1.82. The number of hydrogen-bond acceptors (Lipinski definition) is 3. The molecule has 0 amide bonds. The van der Waals surface area contributed by atoms with Crippen LogP contribution in [0.5, 0.6) is 0 Å². The van der Waals surface area contributed by atoms with Crippen molar-refractivity contribution in [2.45, 2.75) is 32.4 Å². The van der Waals surface area contributed by atoms with E-state index in [1.54, 1.807) is 0 Å². The molecule has 0 bridgehead atoms. The van der Waals surface area contributed by atoms with E-state index in [0.29, 0.717) is 6.04 Å². The van der Waals surface area contributed by atoms with Crippen LogP contribution in [0, 0.1) is 6.92 Å². The monoisotopic (exact) mass is 502 g/mol. The fourth-order valence-corrected chi connectivity index (χ4v) is 3.40. The van der Waals surface area contributed by atoms with Crippen LogP contribution in [-0.2, 0) is 6.54 Å². The molecule has 0 radical (unpaired) electrons. The summed E-state index contributed by atoms with van der Waals surface area (Å²) in [6.07, 6.45) is 6.04. The molecule has 148 valence electrons. The molecular formula is C19H28ClIN6. The van der Waals surface area contributed by atoms with Crippen molar-refractivity contribution in [3.8, 4) is 0 Å². The first-order valence-corrected chi connectivity index (χ1v) is 9.48. The summed E-state index contributed by atoms with van der Waals surface area (Å²) in [4.78, 5) is 6.70.